The van der Waals surface area contributed by atoms with Gasteiger partial charge in [-0.3, -0.25) is 5.43 Å². The van der Waals surface area contributed by atoms with E-state index in [2.05, 4.69) is 30.5 Å². The van der Waals surface area contributed by atoms with Crippen molar-refractivity contribution in [1.29, 1.82) is 0 Å². The van der Waals surface area contributed by atoms with Crippen LogP contribution in [0.15, 0.2) is 54.3 Å². The summed E-state index contributed by atoms with van der Waals surface area (Å²) in [6.07, 6.45) is 10.4. The van der Waals surface area contributed by atoms with E-state index in [4.69, 9.17) is 0 Å². The lowest BCUT2D eigenvalue weighted by Crippen LogP contribution is -1.87. The van der Waals surface area contributed by atoms with Gasteiger partial charge in [-0.2, -0.15) is 5.10 Å². The minimum Gasteiger partial charge on any atom is -0.342 e. The highest BCUT2D eigenvalue weighted by Crippen LogP contribution is 2.17. The molecule has 0 radical (unpaired) electrons. The molecule has 0 saturated heterocycles. The molecule has 0 saturated carbocycles. The number of benzene rings is 1. The zero-order valence-corrected chi connectivity index (χ0v) is 10.6. The van der Waals surface area contributed by atoms with E-state index in [1.54, 1.807) is 18.7 Å². The largest absolute Gasteiger partial charge is 0.342 e. The van der Waals surface area contributed by atoms with E-state index in [-0.39, 0.29) is 0 Å². The molecule has 3 heterocycles. The molecule has 6 heteroatoms. The molecule has 3 aromatic rings. The minimum atomic E-state index is 0.713. The maximum atomic E-state index is 3.95. The summed E-state index contributed by atoms with van der Waals surface area (Å²) < 4.78 is 0. The van der Waals surface area contributed by atoms with Gasteiger partial charge in [0.2, 0.25) is 0 Å². The molecular formula is C14H12N6. The molecule has 1 aliphatic heterocycles. The molecule has 0 aliphatic carbocycles. The Hall–Kier alpha value is -3.02. The summed E-state index contributed by atoms with van der Waals surface area (Å²) in [5.41, 5.74) is 6.74. The molecule has 20 heavy (non-hydrogen) atoms. The van der Waals surface area contributed by atoms with Crippen molar-refractivity contribution in [1.82, 2.24) is 19.9 Å². The molecule has 0 unspecified atom stereocenters. The fourth-order valence-corrected chi connectivity index (χ4v) is 1.73. The molecule has 2 N–H and O–H groups in total. The molecule has 0 spiro atoms. The van der Waals surface area contributed by atoms with Crippen LogP contribution in [0.1, 0.15) is 5.56 Å². The van der Waals surface area contributed by atoms with Gasteiger partial charge in [0.15, 0.2) is 5.65 Å². The van der Waals surface area contributed by atoms with Gasteiger partial charge < -0.3 is 4.98 Å². The van der Waals surface area contributed by atoms with Crippen LogP contribution in [-0.2, 0) is 0 Å². The fraction of sp³-hybridized carbons (Fsp3) is 0. The van der Waals surface area contributed by atoms with Crippen molar-refractivity contribution in [3.05, 3.63) is 54.8 Å². The van der Waals surface area contributed by atoms with Crippen LogP contribution in [0.2, 0.25) is 0 Å². The number of para-hydroxylation sites is 1. The third-order valence-corrected chi connectivity index (χ3v) is 2.68. The first-order valence-electron chi connectivity index (χ1n) is 6.07. The van der Waals surface area contributed by atoms with Crippen LogP contribution in [0.4, 0.5) is 5.69 Å². The number of H-pyrrole nitrogens is 1. The highest BCUT2D eigenvalue weighted by molar-refractivity contribution is 5.83. The van der Waals surface area contributed by atoms with E-state index in [9.17, 15) is 0 Å². The van der Waals surface area contributed by atoms with Crippen LogP contribution in [0.3, 0.4) is 0 Å². The summed E-state index contributed by atoms with van der Waals surface area (Å²) in [5, 5.41) is 3.95. The highest BCUT2D eigenvalue weighted by Gasteiger charge is 1.96. The molecule has 6 nitrogen and oxygen atoms in total. The van der Waals surface area contributed by atoms with E-state index in [1.165, 1.54) is 11.9 Å². The molecule has 0 amide bonds. The first kappa shape index (κ1) is 12.0. The number of rotatable bonds is 0. The third kappa shape index (κ3) is 2.69. The van der Waals surface area contributed by atoms with Crippen molar-refractivity contribution >= 4 is 29.1 Å². The first-order valence-corrected chi connectivity index (χ1v) is 6.07. The van der Waals surface area contributed by atoms with Gasteiger partial charge in [-0.15, -0.1) is 0 Å². The Morgan fingerprint density at radius 3 is 2.95 bits per heavy atom. The monoisotopic (exact) mass is 264 g/mol. The number of aromatic amines is 1. The molecule has 0 atom stereocenters. The predicted molar refractivity (Wildman–Crippen MR) is 79.3 cm³/mol. The van der Waals surface area contributed by atoms with Crippen molar-refractivity contribution in [2.75, 3.05) is 5.43 Å². The van der Waals surface area contributed by atoms with Crippen LogP contribution in [0.5, 0.6) is 0 Å². The molecule has 98 valence electrons. The van der Waals surface area contributed by atoms with Gasteiger partial charge in [-0.25, -0.2) is 15.0 Å². The second kappa shape index (κ2) is 5.75. The van der Waals surface area contributed by atoms with Gasteiger partial charge in [0, 0.05) is 6.21 Å². The Morgan fingerprint density at radius 2 is 2.00 bits per heavy atom. The number of hydrogen-bond acceptors (Lipinski definition) is 5. The zero-order chi connectivity index (χ0) is 13.6. The first-order chi connectivity index (χ1) is 9.93. The average molecular weight is 264 g/mol. The molecule has 4 rings (SSSR count). The number of allylic oxidation sites excluding steroid dienone is 1. The quantitative estimate of drug-likeness (QED) is 0.653. The number of hydrogen-bond donors (Lipinski definition) is 2. The fourth-order valence-electron chi connectivity index (χ4n) is 1.73. The lowest BCUT2D eigenvalue weighted by Gasteiger charge is -2.00. The van der Waals surface area contributed by atoms with Gasteiger partial charge in [0.1, 0.15) is 11.8 Å². The molecule has 1 aliphatic rings. The van der Waals surface area contributed by atoms with Gasteiger partial charge in [0.05, 0.1) is 18.2 Å². The number of nitrogens with one attached hydrogen (secondary N) is 2. The van der Waals surface area contributed by atoms with Crippen LogP contribution < -0.4 is 5.43 Å². The van der Waals surface area contributed by atoms with Crippen molar-refractivity contribution in [3.8, 4) is 0 Å². The minimum absolute atomic E-state index is 0.713. The predicted octanol–water partition coefficient (Wildman–Crippen LogP) is 2.46. The van der Waals surface area contributed by atoms with E-state index >= 15 is 0 Å². The van der Waals surface area contributed by atoms with Crippen molar-refractivity contribution in [2.24, 2.45) is 5.10 Å². The molecular weight excluding hydrogens is 252 g/mol. The van der Waals surface area contributed by atoms with Crippen LogP contribution in [0.25, 0.3) is 17.2 Å². The number of anilines is 1. The van der Waals surface area contributed by atoms with E-state index in [1.807, 2.05) is 36.4 Å². The summed E-state index contributed by atoms with van der Waals surface area (Å²) in [6.45, 7) is 0. The Kier molecular flexibility index (Phi) is 3.46. The van der Waals surface area contributed by atoms with Crippen molar-refractivity contribution < 1.29 is 0 Å². The van der Waals surface area contributed by atoms with Gasteiger partial charge in [0.25, 0.3) is 0 Å². The third-order valence-electron chi connectivity index (χ3n) is 2.68. The average Bonchev–Trinajstić information content (AvgIpc) is 2.85. The Morgan fingerprint density at radius 1 is 1.05 bits per heavy atom. The molecule has 0 fully saturated rings. The topological polar surface area (TPSA) is 78.9 Å². The number of nitrogens with zero attached hydrogens (tertiary/aromatic N) is 4. The van der Waals surface area contributed by atoms with Crippen LogP contribution in [-0.4, -0.2) is 26.2 Å². The van der Waals surface area contributed by atoms with Gasteiger partial charge in [-0.1, -0.05) is 24.3 Å². The number of aromatic nitrogens is 4. The number of hydrazone groups is 1. The Bertz CT molecular complexity index is 729. The van der Waals surface area contributed by atoms with E-state index in [0.717, 1.165) is 11.2 Å². The molecule has 1 aromatic carbocycles. The summed E-state index contributed by atoms with van der Waals surface area (Å²) in [7, 11) is 0. The maximum absolute atomic E-state index is 3.95. The standard InChI is InChI=1S/C9H8N2.C5H4N4/c1-2-6-9-8(4-1)5-3-7-10-11-9;1-4-5(8-2-6-1)9-3-7-4/h1-7,11H;1-3H,(H,6,7,8,9). The van der Waals surface area contributed by atoms with Gasteiger partial charge >= 0.3 is 0 Å². The van der Waals surface area contributed by atoms with Crippen LogP contribution in [0, 0.1) is 0 Å². The molecule has 2 aromatic heterocycles. The Labute approximate surface area is 115 Å². The number of imidazole rings is 1. The second-order valence-electron chi connectivity index (χ2n) is 4.00. The highest BCUT2D eigenvalue weighted by atomic mass is 15.3. The van der Waals surface area contributed by atoms with Crippen molar-refractivity contribution in [3.63, 3.8) is 0 Å². The zero-order valence-electron chi connectivity index (χ0n) is 10.6. The summed E-state index contributed by atoms with van der Waals surface area (Å²) in [6, 6.07) is 8.05. The smallest absolute Gasteiger partial charge is 0.180 e. The summed E-state index contributed by atoms with van der Waals surface area (Å²) in [4.78, 5) is 14.5. The second-order valence-corrected chi connectivity index (χ2v) is 4.00. The lowest BCUT2D eigenvalue weighted by atomic mass is 10.2. The number of fused-ring (bicyclic) bond motifs is 2. The lowest BCUT2D eigenvalue weighted by molar-refractivity contribution is 1.20. The molecule has 0 bridgehead atoms. The Balaban J connectivity index is 0.000000123. The summed E-state index contributed by atoms with van der Waals surface area (Å²) in [5.74, 6) is 0. The SMILES string of the molecule is C1=Cc2ccccc2NN=C1.c1ncc2[nH]cnc2n1. The summed E-state index contributed by atoms with van der Waals surface area (Å²) >= 11 is 0. The van der Waals surface area contributed by atoms with E-state index < -0.39 is 0 Å². The maximum Gasteiger partial charge on any atom is 0.180 e. The normalized spacial score (nSPS) is 12.0. The van der Waals surface area contributed by atoms with E-state index in [0.29, 0.717) is 5.65 Å². The van der Waals surface area contributed by atoms with Crippen molar-refractivity contribution in [2.45, 2.75) is 0 Å². The van der Waals surface area contributed by atoms with Crippen LogP contribution >= 0.6 is 0 Å². The van der Waals surface area contributed by atoms with Gasteiger partial charge in [-0.05, 0) is 17.7 Å².